The molecule has 1 rings (SSSR count). The highest BCUT2D eigenvalue weighted by Crippen LogP contribution is 2.34. The molecule has 0 aliphatic rings. The SMILES string of the molecule is CCc1c(C)sc(NC(=O)C(C)(C)C)c1C(=O)OC. The van der Waals surface area contributed by atoms with Crippen molar-refractivity contribution in [2.45, 2.75) is 41.0 Å². The van der Waals surface area contributed by atoms with Gasteiger partial charge in [0.15, 0.2) is 0 Å². The molecular weight excluding hydrogens is 262 g/mol. The Balaban J connectivity index is 3.21. The summed E-state index contributed by atoms with van der Waals surface area (Å²) in [7, 11) is 1.35. The molecule has 1 aromatic rings. The number of nitrogens with one attached hydrogen (secondary N) is 1. The minimum atomic E-state index is -0.502. The van der Waals surface area contributed by atoms with Gasteiger partial charge in [0.2, 0.25) is 5.91 Å². The Morgan fingerprint density at radius 1 is 1.32 bits per heavy atom. The van der Waals surface area contributed by atoms with Gasteiger partial charge in [0.05, 0.1) is 12.7 Å². The van der Waals surface area contributed by atoms with Crippen LogP contribution in [0.5, 0.6) is 0 Å². The number of esters is 1. The number of carbonyl (C=O) groups is 2. The Hall–Kier alpha value is -1.36. The lowest BCUT2D eigenvalue weighted by Crippen LogP contribution is -2.28. The Bertz CT molecular complexity index is 498. The summed E-state index contributed by atoms with van der Waals surface area (Å²) in [6, 6.07) is 0. The van der Waals surface area contributed by atoms with Gasteiger partial charge in [-0.05, 0) is 18.9 Å². The number of hydrogen-bond donors (Lipinski definition) is 1. The predicted molar refractivity (Wildman–Crippen MR) is 77.9 cm³/mol. The van der Waals surface area contributed by atoms with Gasteiger partial charge in [0.1, 0.15) is 5.00 Å². The van der Waals surface area contributed by atoms with Crippen molar-refractivity contribution in [3.63, 3.8) is 0 Å². The first-order valence-electron chi connectivity index (χ1n) is 6.24. The number of aryl methyl sites for hydroxylation is 1. The summed E-state index contributed by atoms with van der Waals surface area (Å²) in [5, 5.41) is 3.42. The number of ether oxygens (including phenoxy) is 1. The molecule has 0 saturated heterocycles. The second-order valence-electron chi connectivity index (χ2n) is 5.39. The van der Waals surface area contributed by atoms with Crippen LogP contribution in [0.4, 0.5) is 5.00 Å². The fourth-order valence-electron chi connectivity index (χ4n) is 1.70. The predicted octanol–water partition coefficient (Wildman–Crippen LogP) is 3.39. The minimum absolute atomic E-state index is 0.110. The third-order valence-corrected chi connectivity index (χ3v) is 3.92. The van der Waals surface area contributed by atoms with Gasteiger partial charge in [-0.3, -0.25) is 4.79 Å². The number of anilines is 1. The van der Waals surface area contributed by atoms with Gasteiger partial charge >= 0.3 is 5.97 Å². The van der Waals surface area contributed by atoms with Crippen LogP contribution in [-0.4, -0.2) is 19.0 Å². The maximum atomic E-state index is 12.0. The first kappa shape index (κ1) is 15.7. The Kier molecular flexibility index (Phi) is 4.74. The van der Waals surface area contributed by atoms with Crippen molar-refractivity contribution in [1.29, 1.82) is 0 Å². The lowest BCUT2D eigenvalue weighted by Gasteiger charge is -2.17. The van der Waals surface area contributed by atoms with Crippen molar-refractivity contribution >= 4 is 28.2 Å². The van der Waals surface area contributed by atoms with E-state index in [0.717, 1.165) is 16.9 Å². The van der Waals surface area contributed by atoms with E-state index >= 15 is 0 Å². The fraction of sp³-hybridized carbons (Fsp3) is 0.571. The van der Waals surface area contributed by atoms with Crippen LogP contribution in [0, 0.1) is 12.3 Å². The number of thiophene rings is 1. The standard InChI is InChI=1S/C14H21NO3S/c1-7-9-8(2)19-11(10(9)12(16)18-6)15-13(17)14(3,4)5/h7H2,1-6H3,(H,15,17). The van der Waals surface area contributed by atoms with E-state index in [1.54, 1.807) is 0 Å². The van der Waals surface area contributed by atoms with Crippen LogP contribution >= 0.6 is 11.3 Å². The van der Waals surface area contributed by atoms with Crippen molar-refractivity contribution < 1.29 is 14.3 Å². The molecule has 1 amide bonds. The van der Waals surface area contributed by atoms with Crippen molar-refractivity contribution in [3.8, 4) is 0 Å². The van der Waals surface area contributed by atoms with E-state index in [9.17, 15) is 9.59 Å². The molecule has 106 valence electrons. The van der Waals surface area contributed by atoms with Crippen molar-refractivity contribution in [2.75, 3.05) is 12.4 Å². The van der Waals surface area contributed by atoms with E-state index in [0.29, 0.717) is 10.6 Å². The van der Waals surface area contributed by atoms with E-state index < -0.39 is 11.4 Å². The van der Waals surface area contributed by atoms with Crippen molar-refractivity contribution in [2.24, 2.45) is 5.41 Å². The monoisotopic (exact) mass is 283 g/mol. The zero-order valence-corrected chi connectivity index (χ0v) is 13.2. The van der Waals surface area contributed by atoms with Crippen LogP contribution in [0.1, 0.15) is 48.5 Å². The molecule has 0 aromatic carbocycles. The van der Waals surface area contributed by atoms with Gasteiger partial charge in [-0.2, -0.15) is 0 Å². The summed E-state index contributed by atoms with van der Waals surface area (Å²) in [5.74, 6) is -0.507. The maximum absolute atomic E-state index is 12.0. The van der Waals surface area contributed by atoms with Crippen LogP contribution in [-0.2, 0) is 16.0 Å². The number of rotatable bonds is 3. The minimum Gasteiger partial charge on any atom is -0.465 e. The highest BCUT2D eigenvalue weighted by atomic mass is 32.1. The van der Waals surface area contributed by atoms with E-state index in [1.165, 1.54) is 18.4 Å². The number of amides is 1. The highest BCUT2D eigenvalue weighted by Gasteiger charge is 2.27. The van der Waals surface area contributed by atoms with Crippen LogP contribution in [0.3, 0.4) is 0 Å². The van der Waals surface area contributed by atoms with E-state index in [1.807, 2.05) is 34.6 Å². The van der Waals surface area contributed by atoms with E-state index in [4.69, 9.17) is 4.74 Å². The second-order valence-corrected chi connectivity index (χ2v) is 6.61. The zero-order chi connectivity index (χ0) is 14.8. The average molecular weight is 283 g/mol. The zero-order valence-electron chi connectivity index (χ0n) is 12.3. The summed E-state index contributed by atoms with van der Waals surface area (Å²) in [6.45, 7) is 9.43. The molecule has 0 aliphatic heterocycles. The first-order chi connectivity index (χ1) is 8.72. The smallest absolute Gasteiger partial charge is 0.341 e. The molecule has 1 N–H and O–H groups in total. The van der Waals surface area contributed by atoms with Crippen LogP contribution in [0.15, 0.2) is 0 Å². The molecule has 0 atom stereocenters. The lowest BCUT2D eigenvalue weighted by atomic mass is 9.95. The topological polar surface area (TPSA) is 55.4 Å². The summed E-state index contributed by atoms with van der Waals surface area (Å²) in [5.41, 5.74) is 0.934. The molecule has 0 spiro atoms. The fourth-order valence-corrected chi connectivity index (χ4v) is 2.83. The third kappa shape index (κ3) is 3.35. The average Bonchev–Trinajstić information content (AvgIpc) is 2.62. The van der Waals surface area contributed by atoms with Crippen molar-refractivity contribution in [3.05, 3.63) is 16.0 Å². The van der Waals surface area contributed by atoms with Gasteiger partial charge in [-0.1, -0.05) is 27.7 Å². The number of carbonyl (C=O) groups excluding carboxylic acids is 2. The third-order valence-electron chi connectivity index (χ3n) is 2.86. The molecule has 0 unspecified atom stereocenters. The molecule has 0 bridgehead atoms. The molecule has 0 aliphatic carbocycles. The van der Waals surface area contributed by atoms with Crippen LogP contribution in [0.2, 0.25) is 0 Å². The summed E-state index contributed by atoms with van der Waals surface area (Å²) < 4.78 is 4.82. The Morgan fingerprint density at radius 3 is 2.32 bits per heavy atom. The normalized spacial score (nSPS) is 11.3. The molecule has 1 heterocycles. The van der Waals surface area contributed by atoms with Gasteiger partial charge in [-0.15, -0.1) is 11.3 Å². The maximum Gasteiger partial charge on any atom is 0.341 e. The molecule has 1 aromatic heterocycles. The first-order valence-corrected chi connectivity index (χ1v) is 7.06. The van der Waals surface area contributed by atoms with Crippen LogP contribution < -0.4 is 5.32 Å². The van der Waals surface area contributed by atoms with Crippen LogP contribution in [0.25, 0.3) is 0 Å². The summed E-state index contributed by atoms with van der Waals surface area (Å²) >= 11 is 1.42. The number of hydrogen-bond acceptors (Lipinski definition) is 4. The van der Waals surface area contributed by atoms with Gasteiger partial charge in [-0.25, -0.2) is 4.79 Å². The Morgan fingerprint density at radius 2 is 1.89 bits per heavy atom. The van der Waals surface area contributed by atoms with E-state index in [2.05, 4.69) is 5.32 Å². The molecule has 0 radical (unpaired) electrons. The quantitative estimate of drug-likeness (QED) is 0.865. The second kappa shape index (κ2) is 5.74. The summed E-state index contributed by atoms with van der Waals surface area (Å²) in [6.07, 6.45) is 0.734. The summed E-state index contributed by atoms with van der Waals surface area (Å²) in [4.78, 5) is 25.0. The highest BCUT2D eigenvalue weighted by molar-refractivity contribution is 7.16. The molecule has 19 heavy (non-hydrogen) atoms. The Labute approximate surface area is 118 Å². The molecule has 0 fully saturated rings. The lowest BCUT2D eigenvalue weighted by molar-refractivity contribution is -0.123. The largest absolute Gasteiger partial charge is 0.465 e. The van der Waals surface area contributed by atoms with Gasteiger partial charge in [0.25, 0.3) is 0 Å². The van der Waals surface area contributed by atoms with Gasteiger partial charge in [0, 0.05) is 10.3 Å². The van der Waals surface area contributed by atoms with E-state index in [-0.39, 0.29) is 5.91 Å². The van der Waals surface area contributed by atoms with Crippen molar-refractivity contribution in [1.82, 2.24) is 0 Å². The van der Waals surface area contributed by atoms with Gasteiger partial charge < -0.3 is 10.1 Å². The number of methoxy groups -OCH3 is 1. The molecule has 5 heteroatoms. The molecule has 4 nitrogen and oxygen atoms in total. The molecule has 0 saturated carbocycles. The molecular formula is C14H21NO3S.